The van der Waals surface area contributed by atoms with Crippen molar-refractivity contribution in [3.05, 3.63) is 58.7 Å². The molecule has 0 atom stereocenters. The number of carbonyl (C=O) groups is 1. The highest BCUT2D eigenvalue weighted by molar-refractivity contribution is 5.99. The van der Waals surface area contributed by atoms with Crippen LogP contribution in [0.2, 0.25) is 0 Å². The van der Waals surface area contributed by atoms with Crippen molar-refractivity contribution in [2.45, 2.75) is 46.0 Å². The Morgan fingerprint density at radius 1 is 1.32 bits per heavy atom. The van der Waals surface area contributed by atoms with Gasteiger partial charge in [-0.15, -0.1) is 0 Å². The maximum Gasteiger partial charge on any atom is 0.248 e. The van der Waals surface area contributed by atoms with E-state index in [1.807, 2.05) is 31.2 Å². The van der Waals surface area contributed by atoms with Crippen LogP contribution in [0.25, 0.3) is 11.6 Å². The van der Waals surface area contributed by atoms with E-state index < -0.39 is 0 Å². The predicted octanol–water partition coefficient (Wildman–Crippen LogP) is 4.79. The van der Waals surface area contributed by atoms with Gasteiger partial charge in [0.15, 0.2) is 0 Å². The molecule has 2 rings (SSSR count). The van der Waals surface area contributed by atoms with Gasteiger partial charge in [0.25, 0.3) is 0 Å². The normalized spacial score (nSPS) is 15.9. The molecule has 2 heteroatoms. The van der Waals surface area contributed by atoms with Gasteiger partial charge in [0, 0.05) is 5.57 Å². The van der Waals surface area contributed by atoms with E-state index in [-0.39, 0.29) is 5.91 Å². The molecule has 1 aromatic carbocycles. The molecule has 2 nitrogen and oxygen atoms in total. The maximum absolute atomic E-state index is 11.6. The third-order valence-electron chi connectivity index (χ3n) is 4.14. The van der Waals surface area contributed by atoms with Crippen molar-refractivity contribution in [3.63, 3.8) is 0 Å². The number of rotatable bonds is 5. The fraction of sp³-hybridized carbons (Fsp3) is 0.350. The highest BCUT2D eigenvalue weighted by Gasteiger charge is 2.11. The molecular weight excluding hydrogens is 270 g/mol. The van der Waals surface area contributed by atoms with Gasteiger partial charge in [-0.2, -0.15) is 0 Å². The number of amides is 1. The summed E-state index contributed by atoms with van der Waals surface area (Å²) in [6, 6.07) is 6.28. The quantitative estimate of drug-likeness (QED) is 0.616. The van der Waals surface area contributed by atoms with Crippen LogP contribution in [0.15, 0.2) is 42.0 Å². The van der Waals surface area contributed by atoms with E-state index in [4.69, 9.17) is 5.73 Å². The minimum atomic E-state index is -0.383. The molecule has 0 saturated carbocycles. The topological polar surface area (TPSA) is 43.1 Å². The highest BCUT2D eigenvalue weighted by atomic mass is 16.1. The fourth-order valence-electron chi connectivity index (χ4n) is 2.85. The zero-order chi connectivity index (χ0) is 15.9. The third-order valence-corrected chi connectivity index (χ3v) is 4.14. The molecule has 116 valence electrons. The van der Waals surface area contributed by atoms with E-state index in [2.05, 4.69) is 25.1 Å². The molecular formula is C20H25NO. The van der Waals surface area contributed by atoms with Crippen LogP contribution in [0.3, 0.4) is 0 Å². The Bertz CT molecular complexity index is 635. The average Bonchev–Trinajstić information content (AvgIpc) is 2.53. The Kier molecular flexibility index (Phi) is 5.76. The summed E-state index contributed by atoms with van der Waals surface area (Å²) in [5.74, 6) is -0.383. The predicted molar refractivity (Wildman–Crippen MR) is 94.2 cm³/mol. The summed E-state index contributed by atoms with van der Waals surface area (Å²) in [5.41, 5.74) is 11.1. The second-order valence-corrected chi connectivity index (χ2v) is 5.77. The Morgan fingerprint density at radius 2 is 2.14 bits per heavy atom. The first-order valence-corrected chi connectivity index (χ1v) is 8.10. The second kappa shape index (κ2) is 7.79. The van der Waals surface area contributed by atoms with E-state index >= 15 is 0 Å². The lowest BCUT2D eigenvalue weighted by molar-refractivity contribution is -0.114. The Hall–Kier alpha value is -2.09. The molecule has 1 aliphatic rings. The molecule has 1 aromatic rings. The van der Waals surface area contributed by atoms with Gasteiger partial charge in [-0.1, -0.05) is 43.4 Å². The number of carbonyl (C=O) groups excluding carboxylic acids is 1. The monoisotopic (exact) mass is 295 g/mol. The minimum Gasteiger partial charge on any atom is -0.366 e. The van der Waals surface area contributed by atoms with Gasteiger partial charge in [-0.3, -0.25) is 4.79 Å². The van der Waals surface area contributed by atoms with Crippen molar-refractivity contribution in [1.82, 2.24) is 0 Å². The molecule has 1 amide bonds. The highest BCUT2D eigenvalue weighted by Crippen LogP contribution is 2.30. The van der Waals surface area contributed by atoms with Gasteiger partial charge in [0.05, 0.1) is 0 Å². The average molecular weight is 295 g/mol. The Balaban J connectivity index is 2.41. The van der Waals surface area contributed by atoms with Gasteiger partial charge in [-0.05, 0) is 67.4 Å². The molecule has 0 radical (unpaired) electrons. The van der Waals surface area contributed by atoms with Crippen molar-refractivity contribution in [1.29, 1.82) is 0 Å². The molecule has 0 heterocycles. The molecule has 0 aliphatic heterocycles. The number of hydrogen-bond donors (Lipinski definition) is 1. The van der Waals surface area contributed by atoms with E-state index in [0.717, 1.165) is 18.4 Å². The van der Waals surface area contributed by atoms with Gasteiger partial charge < -0.3 is 5.73 Å². The minimum absolute atomic E-state index is 0.383. The van der Waals surface area contributed by atoms with Gasteiger partial charge in [-0.25, -0.2) is 0 Å². The largest absolute Gasteiger partial charge is 0.366 e. The Labute approximate surface area is 133 Å². The van der Waals surface area contributed by atoms with E-state index in [1.165, 1.54) is 36.0 Å². The van der Waals surface area contributed by atoms with Crippen LogP contribution in [-0.4, -0.2) is 5.91 Å². The number of allylic oxidation sites excluding steroid dienone is 3. The summed E-state index contributed by atoms with van der Waals surface area (Å²) < 4.78 is 0. The van der Waals surface area contributed by atoms with Crippen molar-refractivity contribution >= 4 is 17.6 Å². The van der Waals surface area contributed by atoms with Gasteiger partial charge in [0.1, 0.15) is 0 Å². The molecule has 2 N–H and O–H groups in total. The number of benzene rings is 1. The van der Waals surface area contributed by atoms with Crippen LogP contribution in [-0.2, 0) is 4.79 Å². The molecule has 0 fully saturated rings. The summed E-state index contributed by atoms with van der Waals surface area (Å²) in [6.45, 7) is 4.16. The van der Waals surface area contributed by atoms with Crippen LogP contribution >= 0.6 is 0 Å². The summed E-state index contributed by atoms with van der Waals surface area (Å²) in [5, 5.41) is 0. The zero-order valence-electron chi connectivity index (χ0n) is 13.6. The summed E-state index contributed by atoms with van der Waals surface area (Å²) in [6.07, 6.45) is 13.8. The van der Waals surface area contributed by atoms with Crippen molar-refractivity contribution in [3.8, 4) is 0 Å². The summed E-state index contributed by atoms with van der Waals surface area (Å²) >= 11 is 0. The van der Waals surface area contributed by atoms with E-state index in [0.29, 0.717) is 5.57 Å². The SMILES string of the molecule is CC/C=C/C(=C\c1cccc(C2=CCCCC2)c1C)C(N)=O. The number of primary amides is 1. The molecule has 0 spiro atoms. The van der Waals surface area contributed by atoms with Crippen LogP contribution in [0, 0.1) is 6.92 Å². The third kappa shape index (κ3) is 3.97. The molecule has 0 saturated heterocycles. The van der Waals surface area contributed by atoms with Crippen LogP contribution in [0.1, 0.15) is 55.7 Å². The van der Waals surface area contributed by atoms with Gasteiger partial charge >= 0.3 is 0 Å². The summed E-state index contributed by atoms with van der Waals surface area (Å²) in [4.78, 5) is 11.6. The van der Waals surface area contributed by atoms with E-state index in [9.17, 15) is 4.79 Å². The first-order valence-electron chi connectivity index (χ1n) is 8.10. The standard InChI is InChI=1S/C20H25NO/c1-3-4-9-18(20(21)22)14-17-12-8-13-19(15(17)2)16-10-6-5-7-11-16/h4,8-10,12-14H,3,5-7,11H2,1-2H3,(H2,21,22)/b9-4+,18-14+. The van der Waals surface area contributed by atoms with Crippen molar-refractivity contribution < 1.29 is 4.79 Å². The molecule has 0 aromatic heterocycles. The van der Waals surface area contributed by atoms with Crippen LogP contribution in [0.5, 0.6) is 0 Å². The van der Waals surface area contributed by atoms with Crippen LogP contribution < -0.4 is 5.73 Å². The van der Waals surface area contributed by atoms with E-state index in [1.54, 1.807) is 0 Å². The number of nitrogens with two attached hydrogens (primary N) is 1. The first-order chi connectivity index (χ1) is 10.6. The fourth-order valence-corrected chi connectivity index (χ4v) is 2.85. The lowest BCUT2D eigenvalue weighted by Crippen LogP contribution is -2.12. The smallest absolute Gasteiger partial charge is 0.248 e. The van der Waals surface area contributed by atoms with Crippen molar-refractivity contribution in [2.24, 2.45) is 5.73 Å². The van der Waals surface area contributed by atoms with Gasteiger partial charge in [0.2, 0.25) is 5.91 Å². The molecule has 0 unspecified atom stereocenters. The van der Waals surface area contributed by atoms with Crippen LogP contribution in [0.4, 0.5) is 0 Å². The molecule has 0 bridgehead atoms. The summed E-state index contributed by atoms with van der Waals surface area (Å²) in [7, 11) is 0. The number of hydrogen-bond acceptors (Lipinski definition) is 1. The zero-order valence-corrected chi connectivity index (χ0v) is 13.6. The maximum atomic E-state index is 11.6. The molecule has 1 aliphatic carbocycles. The van der Waals surface area contributed by atoms with Crippen molar-refractivity contribution in [2.75, 3.05) is 0 Å². The first kappa shape index (κ1) is 16.3. The lowest BCUT2D eigenvalue weighted by Gasteiger charge is -2.16. The second-order valence-electron chi connectivity index (χ2n) is 5.77. The lowest BCUT2D eigenvalue weighted by atomic mass is 9.89. The Morgan fingerprint density at radius 3 is 2.77 bits per heavy atom. The molecule has 22 heavy (non-hydrogen) atoms.